The summed E-state index contributed by atoms with van der Waals surface area (Å²) >= 11 is 0. The van der Waals surface area contributed by atoms with Crippen LogP contribution in [0.1, 0.15) is 43.6 Å². The van der Waals surface area contributed by atoms with E-state index < -0.39 is 22.2 Å². The Morgan fingerprint density at radius 3 is 2.72 bits per heavy atom. The first-order valence-electron chi connectivity index (χ1n) is 12.4. The van der Waals surface area contributed by atoms with Crippen molar-refractivity contribution in [2.24, 2.45) is 0 Å². The Hall–Kier alpha value is -2.82. The molecule has 0 aliphatic carbocycles. The van der Waals surface area contributed by atoms with Gasteiger partial charge < -0.3 is 24.2 Å². The van der Waals surface area contributed by atoms with Crippen molar-refractivity contribution in [3.05, 3.63) is 48.0 Å². The summed E-state index contributed by atoms with van der Waals surface area (Å²) in [6.07, 6.45) is 2.72. The van der Waals surface area contributed by atoms with Crippen LogP contribution in [0.15, 0.2) is 47.4 Å². The van der Waals surface area contributed by atoms with Gasteiger partial charge in [-0.2, -0.15) is 0 Å². The summed E-state index contributed by atoms with van der Waals surface area (Å²) in [6, 6.07) is 11.4. The fraction of sp³-hybridized carbons (Fsp3) is 0.500. The number of ether oxygens (including phenoxy) is 3. The molecule has 10 heteroatoms. The lowest BCUT2D eigenvalue weighted by Crippen LogP contribution is -2.48. The molecule has 3 aliphatic heterocycles. The fourth-order valence-electron chi connectivity index (χ4n) is 5.40. The number of sulfonamides is 1. The van der Waals surface area contributed by atoms with Crippen molar-refractivity contribution in [3.8, 4) is 11.5 Å². The molecule has 9 nitrogen and oxygen atoms in total. The van der Waals surface area contributed by atoms with Crippen LogP contribution in [0.2, 0.25) is 0 Å². The van der Waals surface area contributed by atoms with Crippen LogP contribution in [0, 0.1) is 0 Å². The van der Waals surface area contributed by atoms with E-state index in [1.165, 1.54) is 19.2 Å². The molecule has 0 bridgehead atoms. The molecule has 0 radical (unpaired) electrons. The molecule has 4 atom stereocenters. The van der Waals surface area contributed by atoms with Gasteiger partial charge in [-0.05, 0) is 56.0 Å². The SMILES string of the molecule is COc1cccc(S(=O)(=O)Nc2ccc3c(c2)[C@@H]2C[C@@H](CC(=O)N4CCCCC4)O[C@H](CO)[C@@H]2O3)c1. The average molecular weight is 517 g/mol. The summed E-state index contributed by atoms with van der Waals surface area (Å²) in [7, 11) is -2.35. The lowest BCUT2D eigenvalue weighted by atomic mass is 9.84. The molecule has 3 aliphatic rings. The van der Waals surface area contributed by atoms with Gasteiger partial charge in [0.05, 0.1) is 31.1 Å². The molecule has 36 heavy (non-hydrogen) atoms. The minimum Gasteiger partial charge on any atom is -0.497 e. The first-order chi connectivity index (χ1) is 17.4. The zero-order chi connectivity index (χ0) is 25.3. The lowest BCUT2D eigenvalue weighted by Gasteiger charge is -2.38. The van der Waals surface area contributed by atoms with Gasteiger partial charge in [0.25, 0.3) is 10.0 Å². The number of amides is 1. The van der Waals surface area contributed by atoms with E-state index in [1.807, 2.05) is 4.90 Å². The van der Waals surface area contributed by atoms with Crippen LogP contribution < -0.4 is 14.2 Å². The van der Waals surface area contributed by atoms with Gasteiger partial charge in [0.2, 0.25) is 5.91 Å². The molecule has 194 valence electrons. The number of anilines is 1. The van der Waals surface area contributed by atoms with Crippen molar-refractivity contribution in [3.63, 3.8) is 0 Å². The fourth-order valence-corrected chi connectivity index (χ4v) is 6.49. The molecule has 1 amide bonds. The van der Waals surface area contributed by atoms with E-state index in [0.717, 1.165) is 37.9 Å². The number of aliphatic hydroxyl groups excluding tert-OH is 1. The molecule has 2 aromatic rings. The summed E-state index contributed by atoms with van der Waals surface area (Å²) in [6.45, 7) is 1.34. The number of piperidine rings is 1. The quantitative estimate of drug-likeness (QED) is 0.582. The van der Waals surface area contributed by atoms with E-state index in [4.69, 9.17) is 14.2 Å². The summed E-state index contributed by atoms with van der Waals surface area (Å²) in [5.41, 5.74) is 1.26. The van der Waals surface area contributed by atoms with Crippen molar-refractivity contribution in [2.75, 3.05) is 31.5 Å². The number of likely N-dealkylation sites (tertiary alicyclic amines) is 1. The Morgan fingerprint density at radius 2 is 1.97 bits per heavy atom. The Bertz CT molecular complexity index is 1210. The summed E-state index contributed by atoms with van der Waals surface area (Å²) in [4.78, 5) is 14.9. The van der Waals surface area contributed by atoms with E-state index in [2.05, 4.69) is 4.72 Å². The molecule has 2 aromatic carbocycles. The van der Waals surface area contributed by atoms with Crippen molar-refractivity contribution in [2.45, 2.75) is 61.2 Å². The van der Waals surface area contributed by atoms with Crippen LogP contribution in [0.25, 0.3) is 0 Å². The maximum Gasteiger partial charge on any atom is 0.262 e. The normalized spacial score (nSPS) is 25.4. The monoisotopic (exact) mass is 516 g/mol. The topological polar surface area (TPSA) is 114 Å². The highest BCUT2D eigenvalue weighted by Crippen LogP contribution is 2.47. The summed E-state index contributed by atoms with van der Waals surface area (Å²) < 4.78 is 46.0. The highest BCUT2D eigenvalue weighted by molar-refractivity contribution is 7.92. The third kappa shape index (κ3) is 5.02. The number of methoxy groups -OCH3 is 1. The molecular formula is C26H32N2O7S. The minimum absolute atomic E-state index is 0.0776. The number of benzene rings is 2. The molecule has 0 unspecified atom stereocenters. The molecule has 5 rings (SSSR count). The first-order valence-corrected chi connectivity index (χ1v) is 13.9. The summed E-state index contributed by atoms with van der Waals surface area (Å²) in [5.74, 6) is 1.05. The zero-order valence-electron chi connectivity index (χ0n) is 20.3. The second kappa shape index (κ2) is 10.3. The number of carbonyl (C=O) groups excluding carboxylic acids is 1. The predicted molar refractivity (Wildman–Crippen MR) is 133 cm³/mol. The second-order valence-electron chi connectivity index (χ2n) is 9.59. The number of hydrogen-bond acceptors (Lipinski definition) is 7. The van der Waals surface area contributed by atoms with E-state index in [0.29, 0.717) is 23.6 Å². The number of nitrogens with one attached hydrogen (secondary N) is 1. The Labute approximate surface area is 211 Å². The average Bonchev–Trinajstić information content (AvgIpc) is 3.26. The maximum atomic E-state index is 13.0. The highest BCUT2D eigenvalue weighted by Gasteiger charge is 2.46. The van der Waals surface area contributed by atoms with E-state index in [9.17, 15) is 18.3 Å². The molecule has 2 N–H and O–H groups in total. The van der Waals surface area contributed by atoms with Crippen LogP contribution in [-0.4, -0.2) is 69.4 Å². The van der Waals surface area contributed by atoms with Crippen molar-refractivity contribution >= 4 is 21.6 Å². The number of rotatable bonds is 7. The van der Waals surface area contributed by atoms with E-state index in [-0.39, 0.29) is 35.9 Å². The van der Waals surface area contributed by atoms with Crippen molar-refractivity contribution in [1.29, 1.82) is 0 Å². The molecular weight excluding hydrogens is 484 g/mol. The Balaban J connectivity index is 1.34. The number of carbonyl (C=O) groups is 1. The molecule has 0 saturated carbocycles. The first kappa shape index (κ1) is 24.9. The van der Waals surface area contributed by atoms with Crippen LogP contribution >= 0.6 is 0 Å². The van der Waals surface area contributed by atoms with Crippen molar-refractivity contribution < 1.29 is 32.5 Å². The van der Waals surface area contributed by atoms with Gasteiger partial charge in [0.1, 0.15) is 23.7 Å². The van der Waals surface area contributed by atoms with E-state index in [1.54, 1.807) is 30.3 Å². The smallest absolute Gasteiger partial charge is 0.262 e. The van der Waals surface area contributed by atoms with Gasteiger partial charge in [-0.3, -0.25) is 9.52 Å². The molecule has 0 aromatic heterocycles. The highest BCUT2D eigenvalue weighted by atomic mass is 32.2. The zero-order valence-corrected chi connectivity index (χ0v) is 21.1. The molecule has 3 heterocycles. The molecule has 2 saturated heterocycles. The Kier molecular flexibility index (Phi) is 7.09. The number of aliphatic hydroxyl groups is 1. The molecule has 2 fully saturated rings. The maximum absolute atomic E-state index is 13.0. The van der Waals surface area contributed by atoms with Gasteiger partial charge in [0.15, 0.2) is 0 Å². The predicted octanol–water partition coefficient (Wildman–Crippen LogP) is 2.89. The second-order valence-corrected chi connectivity index (χ2v) is 11.3. The third-order valence-electron chi connectivity index (χ3n) is 7.21. The van der Waals surface area contributed by atoms with E-state index >= 15 is 0 Å². The van der Waals surface area contributed by atoms with Crippen LogP contribution in [0.3, 0.4) is 0 Å². The third-order valence-corrected chi connectivity index (χ3v) is 8.59. The van der Waals surface area contributed by atoms with Gasteiger partial charge in [-0.1, -0.05) is 6.07 Å². The van der Waals surface area contributed by atoms with Crippen LogP contribution in [0.4, 0.5) is 5.69 Å². The van der Waals surface area contributed by atoms with Gasteiger partial charge in [-0.15, -0.1) is 0 Å². The molecule has 0 spiro atoms. The van der Waals surface area contributed by atoms with Gasteiger partial charge in [-0.25, -0.2) is 8.42 Å². The van der Waals surface area contributed by atoms with Crippen LogP contribution in [0.5, 0.6) is 11.5 Å². The van der Waals surface area contributed by atoms with Gasteiger partial charge in [0, 0.05) is 36.3 Å². The number of nitrogens with zero attached hydrogens (tertiary/aromatic N) is 1. The number of fused-ring (bicyclic) bond motifs is 3. The standard InChI is InChI=1S/C26H32N2O7S/c1-33-18-6-5-7-20(13-18)36(31,32)27-17-8-9-23-21(12-17)22-14-19(34-24(16-29)26(22)35-23)15-25(30)28-10-3-2-4-11-28/h5-9,12-13,19,22,24,26-27,29H,2-4,10-11,14-16H2,1H3/t19-,22-,24+,26+/m0/s1. The lowest BCUT2D eigenvalue weighted by molar-refractivity contribution is -0.149. The minimum atomic E-state index is -3.83. The van der Waals surface area contributed by atoms with Gasteiger partial charge >= 0.3 is 0 Å². The largest absolute Gasteiger partial charge is 0.497 e. The van der Waals surface area contributed by atoms with Crippen molar-refractivity contribution in [1.82, 2.24) is 4.90 Å². The summed E-state index contributed by atoms with van der Waals surface area (Å²) in [5, 5.41) is 9.99. The Morgan fingerprint density at radius 1 is 1.17 bits per heavy atom. The van der Waals surface area contributed by atoms with Crippen LogP contribution in [-0.2, 0) is 19.6 Å². The number of hydrogen-bond donors (Lipinski definition) is 2.